The van der Waals surface area contributed by atoms with Gasteiger partial charge in [-0.3, -0.25) is 9.63 Å². The number of nitrogens with one attached hydrogen (secondary N) is 2. The summed E-state index contributed by atoms with van der Waals surface area (Å²) in [6.07, 6.45) is 0.443. The second kappa shape index (κ2) is 7.45. The summed E-state index contributed by atoms with van der Waals surface area (Å²) in [5.74, 6) is -0.483. The maximum absolute atomic E-state index is 14.0. The van der Waals surface area contributed by atoms with E-state index in [0.717, 1.165) is 0 Å². The predicted molar refractivity (Wildman–Crippen MR) is 90.0 cm³/mol. The fraction of sp³-hybridized carbons (Fsp3) is 0.200. The molecule has 1 aromatic heterocycles. The molecule has 1 amide bonds. The SMILES string of the molecule is CONC(=O)Oc1cn(C)c(=O)c(C)c1Nc1ccc(Br)cc1F. The molecule has 2 N–H and O–H groups in total. The van der Waals surface area contributed by atoms with Crippen LogP contribution in [0.3, 0.4) is 0 Å². The van der Waals surface area contributed by atoms with E-state index in [1.54, 1.807) is 13.0 Å². The Balaban J connectivity index is 2.48. The molecule has 0 atom stereocenters. The van der Waals surface area contributed by atoms with Gasteiger partial charge in [0.1, 0.15) is 5.82 Å². The van der Waals surface area contributed by atoms with Crippen LogP contribution in [0, 0.1) is 12.7 Å². The minimum absolute atomic E-state index is 0.0477. The zero-order valence-corrected chi connectivity index (χ0v) is 14.7. The lowest BCUT2D eigenvalue weighted by Gasteiger charge is -2.16. The quantitative estimate of drug-likeness (QED) is 0.772. The third-order valence-electron chi connectivity index (χ3n) is 3.15. The molecule has 2 rings (SSSR count). The second-order valence-electron chi connectivity index (χ2n) is 4.85. The number of aryl methyl sites for hydroxylation is 1. The van der Waals surface area contributed by atoms with Gasteiger partial charge in [0, 0.05) is 17.1 Å². The van der Waals surface area contributed by atoms with Crippen molar-refractivity contribution in [3.63, 3.8) is 0 Å². The number of hydrogen-bond donors (Lipinski definition) is 2. The number of halogens is 2. The number of hydrogen-bond acceptors (Lipinski definition) is 5. The molecular weight excluding hydrogens is 385 g/mol. The maximum Gasteiger partial charge on any atom is 0.436 e. The van der Waals surface area contributed by atoms with Gasteiger partial charge in [0.05, 0.1) is 24.7 Å². The van der Waals surface area contributed by atoms with Crippen LogP contribution < -0.4 is 21.1 Å². The highest BCUT2D eigenvalue weighted by Gasteiger charge is 2.17. The van der Waals surface area contributed by atoms with Gasteiger partial charge in [-0.05, 0) is 25.1 Å². The number of benzene rings is 1. The highest BCUT2D eigenvalue weighted by Crippen LogP contribution is 2.31. The first-order valence-corrected chi connectivity index (χ1v) is 7.56. The van der Waals surface area contributed by atoms with Gasteiger partial charge in [-0.1, -0.05) is 15.9 Å². The van der Waals surface area contributed by atoms with E-state index in [1.807, 2.05) is 5.48 Å². The topological polar surface area (TPSA) is 81.6 Å². The molecule has 1 aromatic carbocycles. The lowest BCUT2D eigenvalue weighted by molar-refractivity contribution is 0.0845. The Hall–Kier alpha value is -2.39. The Morgan fingerprint density at radius 1 is 1.38 bits per heavy atom. The van der Waals surface area contributed by atoms with E-state index >= 15 is 0 Å². The lowest BCUT2D eigenvalue weighted by Crippen LogP contribution is -2.27. The second-order valence-corrected chi connectivity index (χ2v) is 5.77. The molecule has 0 aliphatic heterocycles. The van der Waals surface area contributed by atoms with Crippen LogP contribution in [-0.4, -0.2) is 17.8 Å². The lowest BCUT2D eigenvalue weighted by atomic mass is 10.2. The maximum atomic E-state index is 14.0. The molecule has 24 heavy (non-hydrogen) atoms. The van der Waals surface area contributed by atoms with Crippen molar-refractivity contribution >= 4 is 33.4 Å². The first-order chi connectivity index (χ1) is 11.3. The number of carbonyl (C=O) groups is 1. The average Bonchev–Trinajstić information content (AvgIpc) is 2.51. The van der Waals surface area contributed by atoms with E-state index in [1.165, 1.54) is 37.1 Å². The first-order valence-electron chi connectivity index (χ1n) is 6.76. The van der Waals surface area contributed by atoms with Crippen LogP contribution in [0.25, 0.3) is 0 Å². The van der Waals surface area contributed by atoms with Crippen LogP contribution in [0.1, 0.15) is 5.56 Å². The van der Waals surface area contributed by atoms with E-state index in [0.29, 0.717) is 4.47 Å². The standard InChI is InChI=1S/C15H15BrFN3O4/c1-8-13(18-11-5-4-9(16)6-10(11)17)12(7-20(2)14(8)21)24-15(22)19-23-3/h4-7,18H,1-3H3,(H,19,22). The molecule has 0 aliphatic rings. The molecule has 0 saturated heterocycles. The molecule has 0 saturated carbocycles. The summed E-state index contributed by atoms with van der Waals surface area (Å²) in [4.78, 5) is 28.2. The fourth-order valence-electron chi connectivity index (χ4n) is 2.02. The van der Waals surface area contributed by atoms with Crippen molar-refractivity contribution in [3.8, 4) is 5.75 Å². The van der Waals surface area contributed by atoms with Crippen LogP contribution >= 0.6 is 15.9 Å². The van der Waals surface area contributed by atoms with Crippen LogP contribution in [0.5, 0.6) is 5.75 Å². The predicted octanol–water partition coefficient (Wildman–Crippen LogP) is 2.99. The number of hydroxylamine groups is 1. The molecule has 0 spiro atoms. The smallest absolute Gasteiger partial charge is 0.405 e. The van der Waals surface area contributed by atoms with Crippen LogP contribution in [0.15, 0.2) is 33.7 Å². The minimum Gasteiger partial charge on any atom is -0.405 e. The molecule has 9 heteroatoms. The number of rotatable bonds is 4. The van der Waals surface area contributed by atoms with Crippen molar-refractivity contribution < 1.29 is 18.8 Å². The number of pyridine rings is 1. The van der Waals surface area contributed by atoms with E-state index in [4.69, 9.17) is 4.74 Å². The Kier molecular flexibility index (Phi) is 5.58. The molecule has 0 bridgehead atoms. The summed E-state index contributed by atoms with van der Waals surface area (Å²) in [5.41, 5.74) is 2.27. The van der Waals surface area contributed by atoms with Crippen LogP contribution in [0.4, 0.5) is 20.6 Å². The Morgan fingerprint density at radius 2 is 2.08 bits per heavy atom. The molecule has 128 valence electrons. The summed E-state index contributed by atoms with van der Waals surface area (Å²) < 4.78 is 21.0. The van der Waals surface area contributed by atoms with Gasteiger partial charge < -0.3 is 14.6 Å². The van der Waals surface area contributed by atoms with Gasteiger partial charge >= 0.3 is 6.09 Å². The molecule has 0 radical (unpaired) electrons. The largest absolute Gasteiger partial charge is 0.436 e. The normalized spacial score (nSPS) is 10.4. The third kappa shape index (κ3) is 3.92. The summed E-state index contributed by atoms with van der Waals surface area (Å²) in [6, 6.07) is 4.41. The number of amides is 1. The zero-order chi connectivity index (χ0) is 17.9. The average molecular weight is 400 g/mol. The summed E-state index contributed by atoms with van der Waals surface area (Å²) in [7, 11) is 2.77. The van der Waals surface area contributed by atoms with Crippen molar-refractivity contribution in [2.24, 2.45) is 7.05 Å². The fourth-order valence-corrected chi connectivity index (χ4v) is 2.35. The van der Waals surface area contributed by atoms with Crippen LogP contribution in [0.2, 0.25) is 0 Å². The van der Waals surface area contributed by atoms with Crippen LogP contribution in [-0.2, 0) is 11.9 Å². The zero-order valence-electron chi connectivity index (χ0n) is 13.1. The van der Waals surface area contributed by atoms with Crippen molar-refractivity contribution in [2.45, 2.75) is 6.92 Å². The van der Waals surface area contributed by atoms with Gasteiger partial charge in [0.15, 0.2) is 5.75 Å². The highest BCUT2D eigenvalue weighted by atomic mass is 79.9. The van der Waals surface area contributed by atoms with Gasteiger partial charge in [-0.2, -0.15) is 5.48 Å². The molecular formula is C15H15BrFN3O4. The number of carbonyl (C=O) groups excluding carboxylic acids is 1. The molecule has 7 nitrogen and oxygen atoms in total. The van der Waals surface area contributed by atoms with E-state index in [2.05, 4.69) is 26.1 Å². The Bertz CT molecular complexity index is 838. The summed E-state index contributed by atoms with van der Waals surface area (Å²) in [6.45, 7) is 1.54. The monoisotopic (exact) mass is 399 g/mol. The number of anilines is 2. The molecule has 0 aliphatic carbocycles. The molecule has 2 aromatic rings. The number of nitrogens with zero attached hydrogens (tertiary/aromatic N) is 1. The number of ether oxygens (including phenoxy) is 1. The van der Waals surface area contributed by atoms with Crippen molar-refractivity contribution in [2.75, 3.05) is 12.4 Å². The Labute approximate surface area is 145 Å². The summed E-state index contributed by atoms with van der Waals surface area (Å²) in [5, 5.41) is 2.80. The molecule has 1 heterocycles. The van der Waals surface area contributed by atoms with Crippen molar-refractivity contribution in [3.05, 3.63) is 50.6 Å². The van der Waals surface area contributed by atoms with Crippen molar-refractivity contribution in [1.29, 1.82) is 0 Å². The van der Waals surface area contributed by atoms with E-state index in [-0.39, 0.29) is 28.2 Å². The third-order valence-corrected chi connectivity index (χ3v) is 3.65. The Morgan fingerprint density at radius 3 is 2.71 bits per heavy atom. The first kappa shape index (κ1) is 18.0. The van der Waals surface area contributed by atoms with Crippen molar-refractivity contribution in [1.82, 2.24) is 10.0 Å². The van der Waals surface area contributed by atoms with E-state index in [9.17, 15) is 14.0 Å². The minimum atomic E-state index is -0.880. The highest BCUT2D eigenvalue weighted by molar-refractivity contribution is 9.10. The van der Waals surface area contributed by atoms with Gasteiger partial charge in [0.2, 0.25) is 0 Å². The van der Waals surface area contributed by atoms with Gasteiger partial charge in [-0.25, -0.2) is 9.18 Å². The number of aromatic nitrogens is 1. The summed E-state index contributed by atoms with van der Waals surface area (Å²) >= 11 is 3.17. The van der Waals surface area contributed by atoms with Gasteiger partial charge in [0.25, 0.3) is 5.56 Å². The van der Waals surface area contributed by atoms with Gasteiger partial charge in [-0.15, -0.1) is 0 Å². The molecule has 0 unspecified atom stereocenters. The van der Waals surface area contributed by atoms with E-state index < -0.39 is 11.9 Å². The molecule has 0 fully saturated rings.